The number of benzene rings is 2. The molecule has 1 heterocycles. The lowest BCUT2D eigenvalue weighted by Crippen LogP contribution is -2.11. The molecule has 0 aliphatic rings. The van der Waals surface area contributed by atoms with Crippen LogP contribution in [-0.2, 0) is 0 Å². The minimum atomic E-state index is -0.254. The second-order valence-electron chi connectivity index (χ2n) is 4.61. The van der Waals surface area contributed by atoms with Gasteiger partial charge in [0.05, 0.1) is 5.69 Å². The number of carbonyl (C=O) groups is 1. The van der Waals surface area contributed by atoms with E-state index in [-0.39, 0.29) is 11.7 Å². The average molecular weight is 278 g/mol. The standard InChI is InChI=1S/C17H14N2O2/c20-16-6-2-1-5-15(16)18-17(21)13-7-9-14(10-8-13)19-11-3-4-12-19/h1-12,20H,(H,18,21). The molecule has 3 aromatic rings. The van der Waals surface area contributed by atoms with Crippen LogP contribution in [0.3, 0.4) is 0 Å². The lowest BCUT2D eigenvalue weighted by atomic mass is 10.2. The molecule has 0 radical (unpaired) electrons. The van der Waals surface area contributed by atoms with Gasteiger partial charge in [0, 0.05) is 23.6 Å². The van der Waals surface area contributed by atoms with E-state index in [1.807, 2.05) is 41.2 Å². The van der Waals surface area contributed by atoms with E-state index in [9.17, 15) is 9.90 Å². The molecule has 0 aliphatic carbocycles. The molecular weight excluding hydrogens is 264 g/mol. The van der Waals surface area contributed by atoms with Crippen molar-refractivity contribution in [2.75, 3.05) is 5.32 Å². The summed E-state index contributed by atoms with van der Waals surface area (Å²) in [5, 5.41) is 12.3. The Morgan fingerprint density at radius 2 is 1.57 bits per heavy atom. The average Bonchev–Trinajstić information content (AvgIpc) is 3.04. The third-order valence-corrected chi connectivity index (χ3v) is 3.18. The highest BCUT2D eigenvalue weighted by atomic mass is 16.3. The van der Waals surface area contributed by atoms with Gasteiger partial charge in [-0.3, -0.25) is 4.79 Å². The highest BCUT2D eigenvalue weighted by Crippen LogP contribution is 2.22. The normalized spacial score (nSPS) is 10.3. The quantitative estimate of drug-likeness (QED) is 0.721. The summed E-state index contributed by atoms with van der Waals surface area (Å²) in [6, 6.07) is 17.8. The molecule has 104 valence electrons. The van der Waals surface area contributed by atoms with Gasteiger partial charge >= 0.3 is 0 Å². The molecule has 0 unspecified atom stereocenters. The fourth-order valence-corrected chi connectivity index (χ4v) is 2.07. The van der Waals surface area contributed by atoms with E-state index >= 15 is 0 Å². The molecule has 0 fully saturated rings. The lowest BCUT2D eigenvalue weighted by Gasteiger charge is -2.08. The Balaban J connectivity index is 1.78. The van der Waals surface area contributed by atoms with E-state index in [0.717, 1.165) is 5.69 Å². The number of anilines is 1. The number of phenols is 1. The first-order chi connectivity index (χ1) is 10.2. The zero-order valence-electron chi connectivity index (χ0n) is 11.2. The van der Waals surface area contributed by atoms with Crippen LogP contribution >= 0.6 is 0 Å². The lowest BCUT2D eigenvalue weighted by molar-refractivity contribution is 0.102. The van der Waals surface area contributed by atoms with E-state index in [4.69, 9.17) is 0 Å². The Bertz CT molecular complexity index is 747. The molecular formula is C17H14N2O2. The van der Waals surface area contributed by atoms with Crippen molar-refractivity contribution in [3.63, 3.8) is 0 Å². The zero-order chi connectivity index (χ0) is 14.7. The van der Waals surface area contributed by atoms with E-state index in [1.54, 1.807) is 30.3 Å². The second-order valence-corrected chi connectivity index (χ2v) is 4.61. The van der Waals surface area contributed by atoms with Crippen LogP contribution in [0.1, 0.15) is 10.4 Å². The summed E-state index contributed by atoms with van der Waals surface area (Å²) in [4.78, 5) is 12.1. The Morgan fingerprint density at radius 1 is 0.905 bits per heavy atom. The molecule has 0 atom stereocenters. The Morgan fingerprint density at radius 3 is 2.24 bits per heavy atom. The molecule has 2 aromatic carbocycles. The maximum Gasteiger partial charge on any atom is 0.255 e. The number of amides is 1. The fraction of sp³-hybridized carbons (Fsp3) is 0. The van der Waals surface area contributed by atoms with Crippen LogP contribution in [0.15, 0.2) is 73.1 Å². The summed E-state index contributed by atoms with van der Waals surface area (Å²) in [5.41, 5.74) is 1.92. The molecule has 4 nitrogen and oxygen atoms in total. The second kappa shape index (κ2) is 5.54. The minimum absolute atomic E-state index is 0.0508. The molecule has 3 rings (SSSR count). The minimum Gasteiger partial charge on any atom is -0.506 e. The summed E-state index contributed by atoms with van der Waals surface area (Å²) in [6.45, 7) is 0. The largest absolute Gasteiger partial charge is 0.506 e. The van der Waals surface area contributed by atoms with E-state index < -0.39 is 0 Å². The third-order valence-electron chi connectivity index (χ3n) is 3.18. The first kappa shape index (κ1) is 13.0. The van der Waals surface area contributed by atoms with Gasteiger partial charge in [-0.25, -0.2) is 0 Å². The van der Waals surface area contributed by atoms with Gasteiger partial charge in [-0.2, -0.15) is 0 Å². The first-order valence-electron chi connectivity index (χ1n) is 6.57. The van der Waals surface area contributed by atoms with Crippen molar-refractivity contribution in [2.24, 2.45) is 0 Å². The van der Waals surface area contributed by atoms with E-state index in [2.05, 4.69) is 5.32 Å². The predicted molar refractivity (Wildman–Crippen MR) is 81.8 cm³/mol. The van der Waals surface area contributed by atoms with Crippen LogP contribution in [0.25, 0.3) is 5.69 Å². The van der Waals surface area contributed by atoms with Crippen molar-refractivity contribution in [2.45, 2.75) is 0 Å². The number of aromatic nitrogens is 1. The van der Waals surface area contributed by atoms with Gasteiger partial charge in [-0.15, -0.1) is 0 Å². The van der Waals surface area contributed by atoms with E-state index in [1.165, 1.54) is 6.07 Å². The Kier molecular flexibility index (Phi) is 3.43. The van der Waals surface area contributed by atoms with Crippen LogP contribution in [0.2, 0.25) is 0 Å². The van der Waals surface area contributed by atoms with Gasteiger partial charge in [0.15, 0.2) is 0 Å². The van der Waals surface area contributed by atoms with Crippen LogP contribution in [0, 0.1) is 0 Å². The SMILES string of the molecule is O=C(Nc1ccccc1O)c1ccc(-n2cccc2)cc1. The van der Waals surface area contributed by atoms with Crippen molar-refractivity contribution in [1.82, 2.24) is 4.57 Å². The van der Waals surface area contributed by atoms with Gasteiger partial charge in [0.1, 0.15) is 5.75 Å². The fourth-order valence-electron chi connectivity index (χ4n) is 2.07. The first-order valence-corrected chi connectivity index (χ1v) is 6.57. The molecule has 2 N–H and O–H groups in total. The maximum absolute atomic E-state index is 12.1. The Labute approximate surface area is 122 Å². The number of para-hydroxylation sites is 2. The number of phenolic OH excluding ortho intramolecular Hbond substituents is 1. The zero-order valence-corrected chi connectivity index (χ0v) is 11.2. The maximum atomic E-state index is 12.1. The van der Waals surface area contributed by atoms with Crippen molar-refractivity contribution in [3.05, 3.63) is 78.6 Å². The van der Waals surface area contributed by atoms with Gasteiger partial charge in [0.2, 0.25) is 0 Å². The van der Waals surface area contributed by atoms with Crippen molar-refractivity contribution in [3.8, 4) is 11.4 Å². The molecule has 0 aliphatic heterocycles. The molecule has 0 bridgehead atoms. The van der Waals surface area contributed by atoms with Crippen LogP contribution < -0.4 is 5.32 Å². The van der Waals surface area contributed by atoms with Gasteiger partial charge in [-0.05, 0) is 48.5 Å². The van der Waals surface area contributed by atoms with Crippen LogP contribution in [-0.4, -0.2) is 15.6 Å². The molecule has 0 spiro atoms. The molecule has 4 heteroatoms. The molecule has 0 saturated carbocycles. The summed E-state index contributed by atoms with van der Waals surface area (Å²) >= 11 is 0. The third kappa shape index (κ3) is 2.79. The molecule has 0 saturated heterocycles. The predicted octanol–water partition coefficient (Wildman–Crippen LogP) is 3.44. The number of nitrogens with one attached hydrogen (secondary N) is 1. The molecule has 21 heavy (non-hydrogen) atoms. The van der Waals surface area contributed by atoms with Crippen LogP contribution in [0.5, 0.6) is 5.75 Å². The number of carbonyl (C=O) groups excluding carboxylic acids is 1. The Hall–Kier alpha value is -3.01. The number of hydrogen-bond donors (Lipinski definition) is 2. The monoisotopic (exact) mass is 278 g/mol. The highest BCUT2D eigenvalue weighted by molar-refractivity contribution is 6.05. The van der Waals surface area contributed by atoms with E-state index in [0.29, 0.717) is 11.3 Å². The van der Waals surface area contributed by atoms with Gasteiger partial charge in [0.25, 0.3) is 5.91 Å². The molecule has 1 amide bonds. The summed E-state index contributed by atoms with van der Waals surface area (Å²) in [5.74, 6) is -0.203. The topological polar surface area (TPSA) is 54.3 Å². The number of rotatable bonds is 3. The van der Waals surface area contributed by atoms with Crippen molar-refractivity contribution >= 4 is 11.6 Å². The van der Waals surface area contributed by atoms with Crippen molar-refractivity contribution < 1.29 is 9.90 Å². The highest BCUT2D eigenvalue weighted by Gasteiger charge is 2.08. The van der Waals surface area contributed by atoms with Gasteiger partial charge < -0.3 is 15.0 Å². The summed E-state index contributed by atoms with van der Waals surface area (Å²) < 4.78 is 1.96. The van der Waals surface area contributed by atoms with Crippen LogP contribution in [0.4, 0.5) is 5.69 Å². The summed E-state index contributed by atoms with van der Waals surface area (Å²) in [6.07, 6.45) is 3.88. The number of aromatic hydroxyl groups is 1. The number of hydrogen-bond acceptors (Lipinski definition) is 2. The smallest absolute Gasteiger partial charge is 0.255 e. The molecule has 1 aromatic heterocycles. The van der Waals surface area contributed by atoms with Crippen molar-refractivity contribution in [1.29, 1.82) is 0 Å². The number of nitrogens with zero attached hydrogens (tertiary/aromatic N) is 1. The van der Waals surface area contributed by atoms with Gasteiger partial charge in [-0.1, -0.05) is 12.1 Å². The summed E-state index contributed by atoms with van der Waals surface area (Å²) in [7, 11) is 0.